The molecule has 0 bridgehead atoms. The first-order valence-electron chi connectivity index (χ1n) is 6.20. The summed E-state index contributed by atoms with van der Waals surface area (Å²) in [5.41, 5.74) is 1.82. The number of fused-ring (bicyclic) bond motifs is 1. The quantitative estimate of drug-likeness (QED) is 0.737. The molecule has 0 unspecified atom stereocenters. The van der Waals surface area contributed by atoms with Crippen LogP contribution in [0, 0.1) is 0 Å². The highest BCUT2D eigenvalue weighted by molar-refractivity contribution is 5.98. The summed E-state index contributed by atoms with van der Waals surface area (Å²) in [5.74, 6) is -0.720. The Bertz CT molecular complexity index is 806. The Morgan fingerprint density at radius 3 is 2.35 bits per heavy atom. The van der Waals surface area contributed by atoms with Gasteiger partial charge in [-0.3, -0.25) is 0 Å². The predicted molar refractivity (Wildman–Crippen MR) is 78.0 cm³/mol. The Morgan fingerprint density at radius 2 is 1.55 bits per heavy atom. The molecule has 0 fully saturated rings. The van der Waals surface area contributed by atoms with E-state index in [1.54, 1.807) is 30.3 Å². The van der Waals surface area contributed by atoms with E-state index in [-0.39, 0.29) is 11.3 Å². The lowest BCUT2D eigenvalue weighted by atomic mass is 9.97. The zero-order valence-electron chi connectivity index (χ0n) is 10.6. The number of hydrogen-bond acceptors (Lipinski definition) is 2. The smallest absolute Gasteiger partial charge is 0.336 e. The maximum atomic E-state index is 11.3. The van der Waals surface area contributed by atoms with E-state index in [0.29, 0.717) is 5.56 Å². The molecule has 2 N–H and O–H groups in total. The summed E-state index contributed by atoms with van der Waals surface area (Å²) >= 11 is 0. The van der Waals surface area contributed by atoms with Crippen LogP contribution in [0.3, 0.4) is 0 Å². The summed E-state index contributed by atoms with van der Waals surface area (Å²) < 4.78 is 0. The van der Waals surface area contributed by atoms with Crippen LogP contribution >= 0.6 is 0 Å². The first kappa shape index (κ1) is 12.2. The zero-order valence-corrected chi connectivity index (χ0v) is 10.6. The summed E-state index contributed by atoms with van der Waals surface area (Å²) in [4.78, 5) is 11.3. The largest absolute Gasteiger partial charge is 0.508 e. The normalized spacial score (nSPS) is 10.6. The van der Waals surface area contributed by atoms with Crippen LogP contribution in [0.4, 0.5) is 0 Å². The fourth-order valence-corrected chi connectivity index (χ4v) is 2.32. The molecule has 3 nitrogen and oxygen atoms in total. The van der Waals surface area contributed by atoms with Crippen LogP contribution in [0.15, 0.2) is 60.7 Å². The number of phenols is 1. The lowest BCUT2D eigenvalue weighted by molar-refractivity contribution is 0.0697. The second-order valence-electron chi connectivity index (χ2n) is 4.60. The number of aromatic hydroxyl groups is 1. The van der Waals surface area contributed by atoms with Gasteiger partial charge in [-0.05, 0) is 46.2 Å². The first-order chi connectivity index (χ1) is 9.65. The van der Waals surface area contributed by atoms with Gasteiger partial charge < -0.3 is 10.2 Å². The molecule has 0 amide bonds. The van der Waals surface area contributed by atoms with Gasteiger partial charge in [0.1, 0.15) is 5.75 Å². The molecule has 0 saturated carbocycles. The van der Waals surface area contributed by atoms with E-state index in [2.05, 4.69) is 0 Å². The summed E-state index contributed by atoms with van der Waals surface area (Å²) in [6, 6.07) is 17.7. The monoisotopic (exact) mass is 264 g/mol. The Morgan fingerprint density at radius 1 is 0.850 bits per heavy atom. The molecule has 3 aromatic carbocycles. The molecule has 0 aliphatic heterocycles. The Kier molecular flexibility index (Phi) is 2.88. The van der Waals surface area contributed by atoms with Crippen molar-refractivity contribution >= 4 is 16.7 Å². The van der Waals surface area contributed by atoms with Crippen molar-refractivity contribution in [1.29, 1.82) is 0 Å². The maximum absolute atomic E-state index is 11.3. The van der Waals surface area contributed by atoms with Crippen molar-refractivity contribution in [3.63, 3.8) is 0 Å². The second-order valence-corrected chi connectivity index (χ2v) is 4.60. The SMILES string of the molecule is O=C(O)c1ccccc1-c1ccc2cc(O)ccc2c1. The van der Waals surface area contributed by atoms with E-state index in [4.69, 9.17) is 0 Å². The summed E-state index contributed by atoms with van der Waals surface area (Å²) in [6.45, 7) is 0. The molecule has 0 heterocycles. The van der Waals surface area contributed by atoms with Crippen LogP contribution in [0.2, 0.25) is 0 Å². The number of phenolic OH excluding ortho intramolecular Hbond substituents is 1. The third-order valence-corrected chi connectivity index (χ3v) is 3.29. The molecule has 0 saturated heterocycles. The highest BCUT2D eigenvalue weighted by Gasteiger charge is 2.11. The molecule has 0 aliphatic rings. The van der Waals surface area contributed by atoms with Gasteiger partial charge in [-0.1, -0.05) is 36.4 Å². The summed E-state index contributed by atoms with van der Waals surface area (Å²) in [6.07, 6.45) is 0. The van der Waals surface area contributed by atoms with Gasteiger partial charge >= 0.3 is 5.97 Å². The molecule has 3 aromatic rings. The fourth-order valence-electron chi connectivity index (χ4n) is 2.32. The first-order valence-corrected chi connectivity index (χ1v) is 6.20. The van der Waals surface area contributed by atoms with Crippen LogP contribution < -0.4 is 0 Å². The number of hydrogen-bond donors (Lipinski definition) is 2. The minimum absolute atomic E-state index is 0.219. The number of carbonyl (C=O) groups is 1. The van der Waals surface area contributed by atoms with E-state index < -0.39 is 5.97 Å². The average Bonchev–Trinajstić information content (AvgIpc) is 2.46. The number of rotatable bonds is 2. The van der Waals surface area contributed by atoms with Crippen molar-refractivity contribution in [3.8, 4) is 16.9 Å². The third-order valence-electron chi connectivity index (χ3n) is 3.29. The summed E-state index contributed by atoms with van der Waals surface area (Å²) in [5, 5.41) is 20.6. The fraction of sp³-hybridized carbons (Fsp3) is 0. The Labute approximate surface area is 115 Å². The van der Waals surface area contributed by atoms with Crippen molar-refractivity contribution in [3.05, 3.63) is 66.2 Å². The standard InChI is InChI=1S/C17H12O3/c18-14-8-7-11-9-13(6-5-12(11)10-14)15-3-1-2-4-16(15)17(19)20/h1-10,18H,(H,19,20). The van der Waals surface area contributed by atoms with E-state index in [1.165, 1.54) is 0 Å². The number of carboxylic acid groups (broad SMARTS) is 1. The Hall–Kier alpha value is -2.81. The molecule has 0 aromatic heterocycles. The molecule has 0 atom stereocenters. The highest BCUT2D eigenvalue weighted by atomic mass is 16.4. The molecular formula is C17H12O3. The lowest BCUT2D eigenvalue weighted by Gasteiger charge is -2.07. The number of benzene rings is 3. The zero-order chi connectivity index (χ0) is 14.1. The van der Waals surface area contributed by atoms with Crippen LogP contribution in [-0.4, -0.2) is 16.2 Å². The third kappa shape index (κ3) is 2.10. The van der Waals surface area contributed by atoms with Crippen molar-refractivity contribution in [1.82, 2.24) is 0 Å². The number of aromatic carboxylic acids is 1. The van der Waals surface area contributed by atoms with Crippen molar-refractivity contribution in [2.45, 2.75) is 0 Å². The van der Waals surface area contributed by atoms with E-state index in [1.807, 2.05) is 30.3 Å². The van der Waals surface area contributed by atoms with E-state index in [9.17, 15) is 15.0 Å². The van der Waals surface area contributed by atoms with Crippen LogP contribution in [0.1, 0.15) is 10.4 Å². The van der Waals surface area contributed by atoms with Crippen LogP contribution in [0.5, 0.6) is 5.75 Å². The van der Waals surface area contributed by atoms with Gasteiger partial charge in [-0.2, -0.15) is 0 Å². The summed E-state index contributed by atoms with van der Waals surface area (Å²) in [7, 11) is 0. The molecule has 0 aliphatic carbocycles. The topological polar surface area (TPSA) is 57.5 Å². The van der Waals surface area contributed by atoms with Gasteiger partial charge in [0.25, 0.3) is 0 Å². The van der Waals surface area contributed by atoms with Crippen molar-refractivity contribution in [2.24, 2.45) is 0 Å². The van der Waals surface area contributed by atoms with Gasteiger partial charge in [-0.25, -0.2) is 4.79 Å². The van der Waals surface area contributed by atoms with Gasteiger partial charge in [0.15, 0.2) is 0 Å². The maximum Gasteiger partial charge on any atom is 0.336 e. The average molecular weight is 264 g/mol. The molecule has 20 heavy (non-hydrogen) atoms. The van der Waals surface area contributed by atoms with Gasteiger partial charge in [0.2, 0.25) is 0 Å². The molecule has 3 heteroatoms. The molecule has 3 rings (SSSR count). The lowest BCUT2D eigenvalue weighted by Crippen LogP contribution is -1.98. The van der Waals surface area contributed by atoms with E-state index in [0.717, 1.165) is 16.3 Å². The predicted octanol–water partition coefficient (Wildman–Crippen LogP) is 3.91. The minimum Gasteiger partial charge on any atom is -0.508 e. The van der Waals surface area contributed by atoms with Crippen LogP contribution in [-0.2, 0) is 0 Å². The molecule has 0 radical (unpaired) electrons. The minimum atomic E-state index is -0.939. The van der Waals surface area contributed by atoms with Gasteiger partial charge in [0.05, 0.1) is 5.56 Å². The van der Waals surface area contributed by atoms with E-state index >= 15 is 0 Å². The second kappa shape index (κ2) is 4.70. The Balaban J connectivity index is 2.20. The van der Waals surface area contributed by atoms with Crippen molar-refractivity contribution < 1.29 is 15.0 Å². The highest BCUT2D eigenvalue weighted by Crippen LogP contribution is 2.28. The van der Waals surface area contributed by atoms with Gasteiger partial charge in [0, 0.05) is 0 Å². The molecule has 0 spiro atoms. The molecular weight excluding hydrogens is 252 g/mol. The van der Waals surface area contributed by atoms with Gasteiger partial charge in [-0.15, -0.1) is 0 Å². The number of carboxylic acids is 1. The van der Waals surface area contributed by atoms with Crippen molar-refractivity contribution in [2.75, 3.05) is 0 Å². The van der Waals surface area contributed by atoms with Crippen LogP contribution in [0.25, 0.3) is 21.9 Å². The molecule has 98 valence electrons.